The molecule has 4 aliphatic carbocycles. The van der Waals surface area contributed by atoms with Gasteiger partial charge >= 0.3 is 0 Å². The maximum absolute atomic E-state index is 9.49. The van der Waals surface area contributed by atoms with Gasteiger partial charge in [-0.05, 0) is 12.8 Å². The zero-order valence-corrected chi connectivity index (χ0v) is 36.0. The summed E-state index contributed by atoms with van der Waals surface area (Å²) in [6, 6.07) is 0. The normalized spacial score (nSPS) is 24.1. The van der Waals surface area contributed by atoms with Crippen LogP contribution in [0.4, 0.5) is 0 Å². The standard InChI is InChI=1S/C14H28O2.3C12H24/c15-12-14(13-16)10-8-6-4-2-1-3-5-7-9-11-14;3*1-2-4-6-8-10-12-11-9-7-5-3-1/h15-16H,1-13H2;3*1-12H2. The van der Waals surface area contributed by atoms with Gasteiger partial charge in [0.25, 0.3) is 0 Å². The fraction of sp³-hybridized carbons (Fsp3) is 1.00. The highest BCUT2D eigenvalue weighted by atomic mass is 16.3. The molecule has 2 heteroatoms. The zero-order chi connectivity index (χ0) is 37.1. The molecule has 0 bridgehead atoms. The molecule has 0 atom stereocenters. The van der Waals surface area contributed by atoms with Gasteiger partial charge in [-0.25, -0.2) is 0 Å². The Bertz CT molecular complexity index is 442. The lowest BCUT2D eigenvalue weighted by molar-refractivity contribution is 0.0351. The second-order valence-corrected chi connectivity index (χ2v) is 18.2. The second kappa shape index (κ2) is 42.1. The first-order valence-electron chi connectivity index (χ1n) is 25.0. The fourth-order valence-electron chi connectivity index (χ4n) is 9.09. The quantitative estimate of drug-likeness (QED) is 0.297. The molecule has 52 heavy (non-hydrogen) atoms. The first-order chi connectivity index (χ1) is 25.8. The number of hydrogen-bond acceptors (Lipinski definition) is 2. The molecule has 4 rings (SSSR count). The van der Waals surface area contributed by atoms with Gasteiger partial charge in [0.15, 0.2) is 0 Å². The van der Waals surface area contributed by atoms with Crippen LogP contribution in [-0.4, -0.2) is 23.4 Å². The Balaban J connectivity index is 0.000000350. The first-order valence-corrected chi connectivity index (χ1v) is 25.0. The minimum Gasteiger partial charge on any atom is -0.396 e. The Morgan fingerprint density at radius 2 is 0.269 bits per heavy atom. The first kappa shape index (κ1) is 49.9. The molecule has 2 nitrogen and oxygen atoms in total. The molecule has 0 amide bonds. The van der Waals surface area contributed by atoms with Crippen LogP contribution < -0.4 is 0 Å². The van der Waals surface area contributed by atoms with Gasteiger partial charge in [-0.1, -0.05) is 289 Å². The molecular weight excluding hydrogens is 633 g/mol. The predicted molar refractivity (Wildman–Crippen MR) is 234 cm³/mol. The van der Waals surface area contributed by atoms with Crippen LogP contribution in [-0.2, 0) is 0 Å². The van der Waals surface area contributed by atoms with Gasteiger partial charge < -0.3 is 10.2 Å². The lowest BCUT2D eigenvalue weighted by Crippen LogP contribution is -2.30. The molecule has 4 aliphatic rings. The number of aliphatic hydroxyl groups is 2. The van der Waals surface area contributed by atoms with Gasteiger partial charge in [0, 0.05) is 5.41 Å². The average Bonchev–Trinajstić information content (AvgIpc) is 3.14. The third-order valence-electron chi connectivity index (χ3n) is 13.1. The summed E-state index contributed by atoms with van der Waals surface area (Å²) in [5.74, 6) is 0. The third kappa shape index (κ3) is 35.6. The number of aliphatic hydroxyl groups excluding tert-OH is 2. The maximum Gasteiger partial charge on any atom is 0.0509 e. The lowest BCUT2D eigenvalue weighted by atomic mass is 9.79. The number of hydrogen-bond donors (Lipinski definition) is 2. The van der Waals surface area contributed by atoms with Gasteiger partial charge in [-0.15, -0.1) is 0 Å². The molecule has 0 aromatic carbocycles. The van der Waals surface area contributed by atoms with Crippen molar-refractivity contribution < 1.29 is 10.2 Å². The molecule has 0 radical (unpaired) electrons. The van der Waals surface area contributed by atoms with E-state index in [-0.39, 0.29) is 18.6 Å². The van der Waals surface area contributed by atoms with Crippen molar-refractivity contribution in [3.05, 3.63) is 0 Å². The zero-order valence-electron chi connectivity index (χ0n) is 36.0. The van der Waals surface area contributed by atoms with Gasteiger partial charge in [0.1, 0.15) is 0 Å². The van der Waals surface area contributed by atoms with Gasteiger partial charge in [0.2, 0.25) is 0 Å². The van der Waals surface area contributed by atoms with Crippen molar-refractivity contribution in [2.45, 2.75) is 302 Å². The van der Waals surface area contributed by atoms with Crippen molar-refractivity contribution in [2.24, 2.45) is 5.41 Å². The summed E-state index contributed by atoms with van der Waals surface area (Å²) in [4.78, 5) is 0. The van der Waals surface area contributed by atoms with Crippen LogP contribution in [0, 0.1) is 5.41 Å². The van der Waals surface area contributed by atoms with Gasteiger partial charge in [-0.2, -0.15) is 0 Å². The van der Waals surface area contributed by atoms with E-state index in [1.165, 1.54) is 289 Å². The van der Waals surface area contributed by atoms with Crippen LogP contribution in [0.1, 0.15) is 302 Å². The molecule has 0 saturated heterocycles. The molecule has 2 N–H and O–H groups in total. The van der Waals surface area contributed by atoms with E-state index in [9.17, 15) is 10.2 Å². The highest BCUT2D eigenvalue weighted by Crippen LogP contribution is 2.32. The van der Waals surface area contributed by atoms with E-state index in [1.54, 1.807) is 0 Å². The molecule has 0 heterocycles. The van der Waals surface area contributed by atoms with Crippen molar-refractivity contribution in [3.8, 4) is 0 Å². The van der Waals surface area contributed by atoms with Crippen LogP contribution >= 0.6 is 0 Å². The summed E-state index contributed by atoms with van der Waals surface area (Å²) < 4.78 is 0. The van der Waals surface area contributed by atoms with Crippen LogP contribution in [0.2, 0.25) is 0 Å². The Kier molecular flexibility index (Phi) is 40.4. The molecule has 4 fully saturated rings. The van der Waals surface area contributed by atoms with E-state index in [1.807, 2.05) is 0 Å². The summed E-state index contributed by atoms with van der Waals surface area (Å²) in [7, 11) is 0. The predicted octanol–water partition coefficient (Wildman–Crippen LogP) is 17.3. The average molecular weight is 733 g/mol. The second-order valence-electron chi connectivity index (χ2n) is 18.2. The van der Waals surface area contributed by atoms with E-state index >= 15 is 0 Å². The Labute approximate surface area is 329 Å². The molecule has 0 aromatic heterocycles. The molecule has 0 unspecified atom stereocenters. The van der Waals surface area contributed by atoms with E-state index in [2.05, 4.69) is 0 Å². The summed E-state index contributed by atoms with van der Waals surface area (Å²) in [6.07, 6.45) is 67.6. The fourth-order valence-corrected chi connectivity index (χ4v) is 9.09. The van der Waals surface area contributed by atoms with E-state index < -0.39 is 0 Å². The van der Waals surface area contributed by atoms with Crippen molar-refractivity contribution in [1.29, 1.82) is 0 Å². The molecule has 0 aliphatic heterocycles. The molecule has 0 spiro atoms. The van der Waals surface area contributed by atoms with Crippen molar-refractivity contribution >= 4 is 0 Å². The Morgan fingerprint density at radius 1 is 0.173 bits per heavy atom. The third-order valence-corrected chi connectivity index (χ3v) is 13.1. The topological polar surface area (TPSA) is 40.5 Å². The summed E-state index contributed by atoms with van der Waals surface area (Å²) in [6.45, 7) is 0.312. The molecule has 312 valence electrons. The molecular formula is C50H100O2. The summed E-state index contributed by atoms with van der Waals surface area (Å²) in [5, 5.41) is 19.0. The minimum atomic E-state index is -0.181. The van der Waals surface area contributed by atoms with Crippen molar-refractivity contribution in [3.63, 3.8) is 0 Å². The Morgan fingerprint density at radius 3 is 0.365 bits per heavy atom. The smallest absolute Gasteiger partial charge is 0.0509 e. The Hall–Kier alpha value is -0.0800. The maximum atomic E-state index is 9.49. The van der Waals surface area contributed by atoms with Crippen LogP contribution in [0.25, 0.3) is 0 Å². The summed E-state index contributed by atoms with van der Waals surface area (Å²) in [5.41, 5.74) is -0.181. The lowest BCUT2D eigenvalue weighted by Gasteiger charge is -2.30. The molecule has 0 aromatic rings. The van der Waals surface area contributed by atoms with Crippen LogP contribution in [0.5, 0.6) is 0 Å². The number of rotatable bonds is 2. The monoisotopic (exact) mass is 733 g/mol. The highest BCUT2D eigenvalue weighted by molar-refractivity contribution is 4.78. The molecule has 4 saturated carbocycles. The van der Waals surface area contributed by atoms with Crippen LogP contribution in [0.3, 0.4) is 0 Å². The minimum absolute atomic E-state index is 0.156. The SMILES string of the molecule is C1CCCCCCCCCCC1.C1CCCCCCCCCCC1.C1CCCCCCCCCCC1.OCC1(CO)CCCCCCCCCCC1. The van der Waals surface area contributed by atoms with Crippen molar-refractivity contribution in [1.82, 2.24) is 0 Å². The van der Waals surface area contributed by atoms with E-state index in [4.69, 9.17) is 0 Å². The van der Waals surface area contributed by atoms with Crippen LogP contribution in [0.15, 0.2) is 0 Å². The highest BCUT2D eigenvalue weighted by Gasteiger charge is 2.27. The van der Waals surface area contributed by atoms with Gasteiger partial charge in [-0.3, -0.25) is 0 Å². The largest absolute Gasteiger partial charge is 0.396 e. The van der Waals surface area contributed by atoms with E-state index in [0.29, 0.717) is 0 Å². The van der Waals surface area contributed by atoms with Crippen molar-refractivity contribution in [2.75, 3.05) is 13.2 Å². The van der Waals surface area contributed by atoms with E-state index in [0.717, 1.165) is 12.8 Å². The van der Waals surface area contributed by atoms with Gasteiger partial charge in [0.05, 0.1) is 13.2 Å². The summed E-state index contributed by atoms with van der Waals surface area (Å²) >= 11 is 0.